The van der Waals surface area contributed by atoms with Gasteiger partial charge in [-0.3, -0.25) is 51.4 Å². The van der Waals surface area contributed by atoms with Crippen LogP contribution in [0.2, 0.25) is 0 Å². The number of nitrogens with two attached hydrogens (primary N) is 2. The van der Waals surface area contributed by atoms with E-state index in [2.05, 4.69) is 33.5 Å². The summed E-state index contributed by atoms with van der Waals surface area (Å²) in [6, 6.07) is 0.931. The first-order valence-electron chi connectivity index (χ1n) is 22.7. The number of ether oxygens (including phenoxy) is 5. The summed E-state index contributed by atoms with van der Waals surface area (Å²) in [7, 11) is -20.5. The van der Waals surface area contributed by atoms with Crippen LogP contribution < -0.4 is 32.8 Å². The number of aliphatic hydroxyl groups excluding tert-OH is 3. The van der Waals surface area contributed by atoms with Gasteiger partial charge in [0.2, 0.25) is 11.7 Å². The lowest BCUT2D eigenvalue weighted by Gasteiger charge is -2.27. The maximum Gasteiger partial charge on any atom is 0.490 e. The van der Waals surface area contributed by atoms with Crippen molar-refractivity contribution >= 4 is 65.4 Å². The number of methoxy groups -OCH3 is 1. The maximum atomic E-state index is 13.7. The van der Waals surface area contributed by atoms with E-state index < -0.39 is 141 Å². The van der Waals surface area contributed by atoms with Crippen molar-refractivity contribution in [2.75, 3.05) is 51.6 Å². The predicted molar refractivity (Wildman–Crippen MR) is 251 cm³/mol. The van der Waals surface area contributed by atoms with Gasteiger partial charge in [0.25, 0.3) is 17.1 Å². The van der Waals surface area contributed by atoms with Crippen molar-refractivity contribution in [1.82, 2.24) is 43.6 Å². The molecule has 77 heavy (non-hydrogen) atoms. The van der Waals surface area contributed by atoms with Gasteiger partial charge in [-0.15, -0.1) is 0 Å². The van der Waals surface area contributed by atoms with Crippen molar-refractivity contribution in [3.8, 4) is 0 Å². The molecule has 3 aliphatic rings. The van der Waals surface area contributed by atoms with Gasteiger partial charge >= 0.3 is 42.6 Å². The quantitative estimate of drug-likeness (QED) is 0.0219. The van der Waals surface area contributed by atoms with Crippen LogP contribution in [0.1, 0.15) is 38.4 Å². The maximum absolute atomic E-state index is 13.7. The van der Waals surface area contributed by atoms with Gasteiger partial charge < -0.3 is 70.0 Å². The molecule has 3 fully saturated rings. The Bertz CT molecular complexity index is 3320. The van der Waals surface area contributed by atoms with Crippen molar-refractivity contribution in [2.45, 2.75) is 87.3 Å². The van der Waals surface area contributed by atoms with E-state index in [1.807, 2.05) is 4.98 Å². The average molecular weight is 1180 g/mol. The number of nitrogen functional groups attached to an aromatic ring is 2. The number of hydrogen-bond acceptors (Lipinski definition) is 27. The van der Waals surface area contributed by atoms with Crippen LogP contribution in [0, 0.1) is 5.92 Å². The fraction of sp³-hybridized carbons (Fsp3) is 0.611. The highest BCUT2D eigenvalue weighted by molar-refractivity contribution is 7.66. The van der Waals surface area contributed by atoms with Crippen LogP contribution >= 0.6 is 31.3 Å². The van der Waals surface area contributed by atoms with Gasteiger partial charge in [0, 0.05) is 38.5 Å². The molecule has 3 saturated heterocycles. The second-order valence-electron chi connectivity index (χ2n) is 17.3. The number of nitrogens with one attached hydrogen (secondary N) is 2. The van der Waals surface area contributed by atoms with E-state index in [0.29, 0.717) is 6.42 Å². The van der Waals surface area contributed by atoms with E-state index in [4.69, 9.17) is 53.2 Å². The van der Waals surface area contributed by atoms with Crippen LogP contribution in [-0.4, -0.2) is 167 Å². The van der Waals surface area contributed by atoms with E-state index in [0.717, 1.165) is 23.2 Å². The van der Waals surface area contributed by atoms with E-state index in [1.165, 1.54) is 40.5 Å². The molecule has 0 spiro atoms. The SMILES string of the molecule is CCCO[C@@H]1[C@H](OP(=O)(O)OC[C@H]2O[C@@H](n3ccc(=O)[nH]c3=O)[C@H](O)[C@@H]2O)[C@@H](COP(=O)(O)OP(=O)(O)OP(=O)(O)OC[C@H]2O[C@@H]([n+]3cn(C)c4c(=O)[nH]c(N)nc43)[C@H](O)[C@@H]2CCOC)O[C@H]1n1cnc2c(N)ncnc21. The molecule has 41 heteroatoms. The lowest BCUT2D eigenvalue weighted by molar-refractivity contribution is -0.745. The molecule has 426 valence electrons. The number of nitrogens with zero attached hydrogens (tertiary/aromatic N) is 8. The van der Waals surface area contributed by atoms with Gasteiger partial charge in [0.05, 0.1) is 39.3 Å². The summed E-state index contributed by atoms with van der Waals surface area (Å²) in [6.07, 6.45) is -12.7. The Morgan fingerprint density at radius 1 is 0.779 bits per heavy atom. The first kappa shape index (κ1) is 58.5. The Morgan fingerprint density at radius 3 is 2.12 bits per heavy atom. The monoisotopic (exact) mass is 1180 g/mol. The highest BCUT2D eigenvalue weighted by Gasteiger charge is 2.54. The summed E-state index contributed by atoms with van der Waals surface area (Å²) >= 11 is 0. The van der Waals surface area contributed by atoms with Gasteiger partial charge in [-0.05, 0) is 12.8 Å². The molecule has 8 heterocycles. The molecule has 4 unspecified atom stereocenters. The van der Waals surface area contributed by atoms with E-state index >= 15 is 0 Å². The van der Waals surface area contributed by atoms with Crippen LogP contribution in [0.3, 0.4) is 0 Å². The molecular weight excluding hydrogens is 1120 g/mol. The molecule has 13 N–H and O–H groups in total. The number of anilines is 2. The molecule has 16 atom stereocenters. The lowest BCUT2D eigenvalue weighted by atomic mass is 9.95. The van der Waals surface area contributed by atoms with Gasteiger partial charge in [0.1, 0.15) is 54.6 Å². The number of imidazole rings is 2. The third-order valence-electron chi connectivity index (χ3n) is 12.0. The summed E-state index contributed by atoms with van der Waals surface area (Å²) in [5.74, 6) is -1.28. The van der Waals surface area contributed by atoms with E-state index in [1.54, 1.807) is 6.92 Å². The van der Waals surface area contributed by atoms with Crippen LogP contribution in [-0.2, 0) is 75.7 Å². The van der Waals surface area contributed by atoms with Crippen LogP contribution in [0.15, 0.2) is 45.6 Å². The highest BCUT2D eigenvalue weighted by Crippen LogP contribution is 2.68. The molecule has 0 aliphatic carbocycles. The Kier molecular flexibility index (Phi) is 17.7. The molecule has 0 amide bonds. The number of hydrogen-bond donors (Lipinski definition) is 11. The third kappa shape index (κ3) is 13.0. The summed E-state index contributed by atoms with van der Waals surface area (Å²) in [5, 5.41) is 32.8. The van der Waals surface area contributed by atoms with E-state index in [9.17, 15) is 67.5 Å². The molecule has 0 saturated carbocycles. The summed E-state index contributed by atoms with van der Waals surface area (Å²) < 4.78 is 116. The van der Waals surface area contributed by atoms with E-state index in [-0.39, 0.29) is 53.7 Å². The number of rotatable bonds is 24. The zero-order chi connectivity index (χ0) is 55.9. The molecule has 3 aliphatic heterocycles. The largest absolute Gasteiger partial charge is 0.490 e. The van der Waals surface area contributed by atoms with Crippen LogP contribution in [0.25, 0.3) is 22.3 Å². The lowest BCUT2D eigenvalue weighted by Crippen LogP contribution is -2.45. The van der Waals surface area contributed by atoms with Crippen molar-refractivity contribution < 1.29 is 108 Å². The number of fused-ring (bicyclic) bond motifs is 2. The first-order chi connectivity index (χ1) is 36.2. The normalized spacial score (nSPS) is 29.9. The average Bonchev–Trinajstić information content (AvgIpc) is 4.19. The minimum Gasteiger partial charge on any atom is -0.387 e. The zero-order valence-corrected chi connectivity index (χ0v) is 43.8. The number of aromatic amines is 2. The van der Waals surface area contributed by atoms with Crippen LogP contribution in [0.4, 0.5) is 11.8 Å². The highest BCUT2D eigenvalue weighted by atomic mass is 31.3. The molecule has 8 rings (SSSR count). The minimum atomic E-state index is -6.19. The smallest absolute Gasteiger partial charge is 0.387 e. The number of aryl methyl sites for hydroxylation is 1. The molecule has 5 aromatic rings. The summed E-state index contributed by atoms with van der Waals surface area (Å²) in [5.41, 5.74) is 9.43. The van der Waals surface area contributed by atoms with Gasteiger partial charge in [-0.25, -0.2) is 42.6 Å². The van der Waals surface area contributed by atoms with Gasteiger partial charge in [-0.2, -0.15) is 8.62 Å². The minimum absolute atomic E-state index is 0.00723. The van der Waals surface area contributed by atoms with Crippen molar-refractivity contribution in [1.29, 1.82) is 0 Å². The Labute approximate surface area is 430 Å². The number of aliphatic hydroxyl groups is 3. The van der Waals surface area contributed by atoms with Crippen molar-refractivity contribution in [2.24, 2.45) is 13.0 Å². The van der Waals surface area contributed by atoms with Gasteiger partial charge in [-0.1, -0.05) is 11.9 Å². The van der Waals surface area contributed by atoms with Crippen molar-refractivity contribution in [3.63, 3.8) is 0 Å². The fourth-order valence-electron chi connectivity index (χ4n) is 8.67. The Hall–Kier alpha value is -4.62. The molecule has 0 bridgehead atoms. The van der Waals surface area contributed by atoms with Gasteiger partial charge in [0.15, 0.2) is 30.2 Å². The third-order valence-corrected chi connectivity index (χ3v) is 17.3. The molecular formula is C36H53N12O25P4+. The molecule has 0 aromatic carbocycles. The molecule has 37 nitrogen and oxygen atoms in total. The summed E-state index contributed by atoms with van der Waals surface area (Å²) in [4.78, 5) is 100. The molecule has 5 aromatic heterocycles. The number of phosphoric acid groups is 4. The first-order valence-corrected chi connectivity index (χ1v) is 28.7. The number of H-pyrrole nitrogens is 2. The Balaban J connectivity index is 0.960. The number of aromatic nitrogens is 10. The topological polar surface area (TPSA) is 516 Å². The Morgan fingerprint density at radius 2 is 1.44 bits per heavy atom. The number of phosphoric ester groups is 3. The summed E-state index contributed by atoms with van der Waals surface area (Å²) in [6.45, 7) is -1.57. The fourth-order valence-corrected chi connectivity index (χ4v) is 13.1. The standard InChI is InChI=1S/C36H52N12O25P4/c1-4-8-64-27-26(71-74(55,56)65-11-18-24(51)25(52)33(69-18)46-7-5-20(49)42-36(46)54)19(70-34(27)47-14-41-21-28(37)39-13-40-29(21)47)12-67-76(59,60)73-77(61,62)72-75(57,58)66-10-17-16(6-9-63-3)23(50)32(68-17)48-15-45(2)22-30(48)43-35(38)44-31(22)53/h5,7,13-19,23-27,32-34,50-52H,4,6,8-12H2,1-3H3,(H9-,37,38,39,40,42,43,44,49,53,54,55,56,57,58,59,60,61,62)/p+1/t16-,17-,18-,19-,23-,24-,25-,26-,27-,32-,33-,34-/m1/s1. The zero-order valence-electron chi connectivity index (χ0n) is 40.3. The van der Waals surface area contributed by atoms with Crippen LogP contribution in [0.5, 0.6) is 0 Å². The molecule has 0 radical (unpaired) electrons. The predicted octanol–water partition coefficient (Wildman–Crippen LogP) is -2.80. The second kappa shape index (κ2) is 23.2. The van der Waals surface area contributed by atoms with Crippen molar-refractivity contribution in [3.05, 3.63) is 62.4 Å². The second-order valence-corrected chi connectivity index (χ2v) is 23.3.